The summed E-state index contributed by atoms with van der Waals surface area (Å²) in [6.45, 7) is 1.37. The van der Waals surface area contributed by atoms with Crippen LogP contribution in [0.2, 0.25) is 0 Å². The summed E-state index contributed by atoms with van der Waals surface area (Å²) >= 11 is 0. The van der Waals surface area contributed by atoms with E-state index in [-0.39, 0.29) is 11.9 Å². The Hall–Kier alpha value is -3.52. The maximum absolute atomic E-state index is 13.2. The number of para-hydroxylation sites is 2. The molecular formula is C24H24N6O2. The van der Waals surface area contributed by atoms with Crippen LogP contribution in [0.3, 0.4) is 0 Å². The standard InChI is InChI=1S/C24H24N6O2/c31-23-10-17-13-29(24(32)20-11-19(27-28-20)15-5-7-25-8-6-15)12-16(17)9-22(23)30-14-26-18-3-1-2-4-21(18)30/h1-8,11,14,16-17,22-23,31H,9-10,12-13H2,(H,27,28)/t16-,17+,22-,23-/m1/s1. The molecule has 2 fully saturated rings. The van der Waals surface area contributed by atoms with Crippen LogP contribution in [0.5, 0.6) is 0 Å². The first-order valence-corrected chi connectivity index (χ1v) is 11.0. The second-order valence-electron chi connectivity index (χ2n) is 8.88. The zero-order valence-electron chi connectivity index (χ0n) is 17.5. The van der Waals surface area contributed by atoms with Gasteiger partial charge in [0.2, 0.25) is 0 Å². The van der Waals surface area contributed by atoms with Crippen molar-refractivity contribution in [1.29, 1.82) is 0 Å². The van der Waals surface area contributed by atoms with Crippen LogP contribution in [0.15, 0.2) is 61.2 Å². The van der Waals surface area contributed by atoms with Crippen molar-refractivity contribution < 1.29 is 9.90 Å². The van der Waals surface area contributed by atoms with E-state index in [0.29, 0.717) is 37.0 Å². The van der Waals surface area contributed by atoms with Crippen molar-refractivity contribution in [3.63, 3.8) is 0 Å². The number of hydrogen-bond acceptors (Lipinski definition) is 5. The van der Waals surface area contributed by atoms with E-state index < -0.39 is 6.10 Å². The molecule has 32 heavy (non-hydrogen) atoms. The fraction of sp³-hybridized carbons (Fsp3) is 0.333. The molecule has 4 heterocycles. The van der Waals surface area contributed by atoms with Crippen molar-refractivity contribution in [1.82, 2.24) is 29.6 Å². The number of aliphatic hydroxyl groups is 1. The van der Waals surface area contributed by atoms with Gasteiger partial charge in [0.1, 0.15) is 5.69 Å². The van der Waals surface area contributed by atoms with Crippen LogP contribution in [0.25, 0.3) is 22.3 Å². The number of imidazole rings is 1. The average molecular weight is 428 g/mol. The highest BCUT2D eigenvalue weighted by Crippen LogP contribution is 2.42. The molecule has 2 aliphatic rings. The molecule has 2 N–H and O–H groups in total. The summed E-state index contributed by atoms with van der Waals surface area (Å²) < 4.78 is 2.11. The Morgan fingerprint density at radius 1 is 1.06 bits per heavy atom. The van der Waals surface area contributed by atoms with E-state index in [0.717, 1.165) is 28.7 Å². The van der Waals surface area contributed by atoms with E-state index in [1.54, 1.807) is 18.5 Å². The van der Waals surface area contributed by atoms with Crippen molar-refractivity contribution in [2.75, 3.05) is 13.1 Å². The molecule has 1 aliphatic carbocycles. The maximum Gasteiger partial charge on any atom is 0.271 e. The lowest BCUT2D eigenvalue weighted by molar-refractivity contribution is 0.0374. The van der Waals surface area contributed by atoms with E-state index in [4.69, 9.17) is 0 Å². The molecule has 1 aliphatic heterocycles. The number of pyridine rings is 1. The first-order valence-electron chi connectivity index (χ1n) is 11.0. The van der Waals surface area contributed by atoms with Crippen molar-refractivity contribution in [2.24, 2.45) is 11.8 Å². The lowest BCUT2D eigenvalue weighted by atomic mass is 9.77. The van der Waals surface area contributed by atoms with Crippen molar-refractivity contribution >= 4 is 16.9 Å². The number of hydrogen-bond donors (Lipinski definition) is 2. The van der Waals surface area contributed by atoms with Gasteiger partial charge in [0.15, 0.2) is 0 Å². The van der Waals surface area contributed by atoms with Gasteiger partial charge in [-0.1, -0.05) is 12.1 Å². The molecule has 162 valence electrons. The van der Waals surface area contributed by atoms with Gasteiger partial charge in [0.25, 0.3) is 5.91 Å². The van der Waals surface area contributed by atoms with Crippen molar-refractivity contribution in [3.8, 4) is 11.3 Å². The topological polar surface area (TPSA) is 99.9 Å². The van der Waals surface area contributed by atoms with Gasteiger partial charge in [-0.25, -0.2) is 4.98 Å². The number of fused-ring (bicyclic) bond motifs is 2. The second kappa shape index (κ2) is 7.56. The number of carbonyl (C=O) groups excluding carboxylic acids is 1. The van der Waals surface area contributed by atoms with Gasteiger partial charge >= 0.3 is 0 Å². The normalized spacial score (nSPS) is 25.2. The number of benzene rings is 1. The molecule has 8 heteroatoms. The number of nitrogens with one attached hydrogen (secondary N) is 1. The van der Waals surface area contributed by atoms with E-state index in [1.807, 2.05) is 47.6 Å². The molecule has 0 spiro atoms. The number of H-pyrrole nitrogens is 1. The smallest absolute Gasteiger partial charge is 0.271 e. The molecule has 1 aromatic carbocycles. The zero-order chi connectivity index (χ0) is 21.7. The average Bonchev–Trinajstić information content (AvgIpc) is 3.56. The number of aromatic amines is 1. The minimum atomic E-state index is -0.450. The van der Waals surface area contributed by atoms with Gasteiger partial charge in [-0.15, -0.1) is 0 Å². The van der Waals surface area contributed by atoms with Gasteiger partial charge in [-0.2, -0.15) is 5.10 Å². The Labute approximate surface area is 184 Å². The number of amides is 1. The van der Waals surface area contributed by atoms with Gasteiger partial charge in [0.05, 0.1) is 35.2 Å². The largest absolute Gasteiger partial charge is 0.391 e. The Morgan fingerprint density at radius 2 is 1.84 bits per heavy atom. The highest BCUT2D eigenvalue weighted by atomic mass is 16.3. The first kappa shape index (κ1) is 19.2. The third-order valence-corrected chi connectivity index (χ3v) is 7.02. The Bertz CT molecular complexity index is 1270. The van der Waals surface area contributed by atoms with Crippen LogP contribution in [0.4, 0.5) is 0 Å². The van der Waals surface area contributed by atoms with Crippen LogP contribution >= 0.6 is 0 Å². The second-order valence-corrected chi connectivity index (χ2v) is 8.88. The van der Waals surface area contributed by atoms with E-state index in [9.17, 15) is 9.90 Å². The van der Waals surface area contributed by atoms with Crippen molar-refractivity contribution in [3.05, 3.63) is 66.9 Å². The number of aliphatic hydroxyl groups excluding tert-OH is 1. The number of carbonyl (C=O) groups is 1. The predicted molar refractivity (Wildman–Crippen MR) is 119 cm³/mol. The monoisotopic (exact) mass is 428 g/mol. The third-order valence-electron chi connectivity index (χ3n) is 7.02. The van der Waals surface area contributed by atoms with Gasteiger partial charge in [-0.3, -0.25) is 14.9 Å². The Morgan fingerprint density at radius 3 is 2.69 bits per heavy atom. The molecule has 8 nitrogen and oxygen atoms in total. The summed E-state index contributed by atoms with van der Waals surface area (Å²) in [5.41, 5.74) is 4.13. The summed E-state index contributed by atoms with van der Waals surface area (Å²) in [5.74, 6) is 0.630. The molecule has 1 amide bonds. The SMILES string of the molecule is O=C(c1cc(-c2ccncc2)n[nH]1)N1C[C@H]2C[C@@H](n3cnc4ccccc43)[C@H](O)C[C@H]2C1. The number of likely N-dealkylation sites (tertiary alicyclic amines) is 1. The third kappa shape index (κ3) is 3.18. The molecule has 1 saturated heterocycles. The number of aromatic nitrogens is 5. The number of rotatable bonds is 3. The van der Waals surface area contributed by atoms with Crippen LogP contribution < -0.4 is 0 Å². The van der Waals surface area contributed by atoms with Crippen molar-refractivity contribution in [2.45, 2.75) is 25.0 Å². The molecule has 1 saturated carbocycles. The van der Waals surface area contributed by atoms with E-state index in [1.165, 1.54) is 0 Å². The Kier molecular flexibility index (Phi) is 4.53. The molecule has 0 radical (unpaired) electrons. The van der Waals surface area contributed by atoms with Gasteiger partial charge < -0.3 is 14.6 Å². The quantitative estimate of drug-likeness (QED) is 0.523. The molecule has 0 unspecified atom stereocenters. The fourth-order valence-corrected chi connectivity index (χ4v) is 5.39. The summed E-state index contributed by atoms with van der Waals surface area (Å²) in [7, 11) is 0. The summed E-state index contributed by atoms with van der Waals surface area (Å²) in [6.07, 6.45) is 6.33. The van der Waals surface area contributed by atoms with Gasteiger partial charge in [-0.05, 0) is 55.0 Å². The molecule has 0 bridgehead atoms. The Balaban J connectivity index is 1.19. The molecule has 4 aromatic rings. The molecular weight excluding hydrogens is 404 g/mol. The van der Waals surface area contributed by atoms with E-state index >= 15 is 0 Å². The van der Waals surface area contributed by atoms with Crippen LogP contribution in [-0.4, -0.2) is 59.8 Å². The summed E-state index contributed by atoms with van der Waals surface area (Å²) in [4.78, 5) is 23.6. The van der Waals surface area contributed by atoms with Crippen LogP contribution in [0.1, 0.15) is 29.4 Å². The fourth-order valence-electron chi connectivity index (χ4n) is 5.39. The minimum absolute atomic E-state index is 0.0239. The predicted octanol–water partition coefficient (Wildman–Crippen LogP) is 2.91. The molecule has 6 rings (SSSR count). The zero-order valence-corrected chi connectivity index (χ0v) is 17.5. The highest BCUT2D eigenvalue weighted by Gasteiger charge is 2.44. The lowest BCUT2D eigenvalue weighted by Gasteiger charge is -2.36. The van der Waals surface area contributed by atoms with Crippen LogP contribution in [0, 0.1) is 11.8 Å². The summed E-state index contributed by atoms with van der Waals surface area (Å²) in [6, 6.07) is 13.5. The maximum atomic E-state index is 13.2. The molecule has 4 atom stereocenters. The van der Waals surface area contributed by atoms with E-state index in [2.05, 4.69) is 24.7 Å². The first-order chi connectivity index (χ1) is 15.7. The van der Waals surface area contributed by atoms with Gasteiger partial charge in [0, 0.05) is 31.0 Å². The lowest BCUT2D eigenvalue weighted by Crippen LogP contribution is -2.36. The molecule has 3 aromatic heterocycles. The highest BCUT2D eigenvalue weighted by molar-refractivity contribution is 5.93. The number of nitrogens with zero attached hydrogens (tertiary/aromatic N) is 5. The minimum Gasteiger partial charge on any atom is -0.391 e. The van der Waals surface area contributed by atoms with Crippen LogP contribution in [-0.2, 0) is 0 Å². The summed E-state index contributed by atoms with van der Waals surface area (Å²) in [5, 5.41) is 18.2.